The monoisotopic (exact) mass is 529 g/mol. The van der Waals surface area contributed by atoms with E-state index in [2.05, 4.69) is 40.0 Å². The molecule has 1 aliphatic heterocycles. The topological polar surface area (TPSA) is 86.8 Å². The summed E-state index contributed by atoms with van der Waals surface area (Å²) in [6.45, 7) is 10.2. The van der Waals surface area contributed by atoms with Gasteiger partial charge in [0.25, 0.3) is 0 Å². The lowest BCUT2D eigenvalue weighted by Crippen LogP contribution is -2.31. The average Bonchev–Trinajstić information content (AvgIpc) is 3.17. The lowest BCUT2D eigenvalue weighted by atomic mass is 10.2. The standard InChI is InChI=1S/C23H36BrN3O4S/c1-4-11-26(12-5-2)13-7-10-25-22(28)9-15-32(30,31)21-17-20-18(16-19(21)24)8-14-27(20)23(29)6-3/h16-17H,4-15H2,1-3H3,(H,25,28). The van der Waals surface area contributed by atoms with Gasteiger partial charge in [-0.15, -0.1) is 0 Å². The molecule has 0 saturated heterocycles. The molecule has 0 aromatic heterocycles. The summed E-state index contributed by atoms with van der Waals surface area (Å²) in [5.41, 5.74) is 1.61. The maximum atomic E-state index is 12.9. The summed E-state index contributed by atoms with van der Waals surface area (Å²) in [7, 11) is -3.68. The molecule has 0 saturated carbocycles. The van der Waals surface area contributed by atoms with Crippen LogP contribution in [0.25, 0.3) is 0 Å². The van der Waals surface area contributed by atoms with Crippen molar-refractivity contribution in [1.82, 2.24) is 10.2 Å². The van der Waals surface area contributed by atoms with Crippen molar-refractivity contribution in [3.05, 3.63) is 22.2 Å². The van der Waals surface area contributed by atoms with Gasteiger partial charge in [-0.25, -0.2) is 8.42 Å². The fourth-order valence-corrected chi connectivity index (χ4v) is 6.45. The molecule has 9 heteroatoms. The van der Waals surface area contributed by atoms with E-state index >= 15 is 0 Å². The molecule has 0 atom stereocenters. The van der Waals surface area contributed by atoms with E-state index in [1.165, 1.54) is 0 Å². The van der Waals surface area contributed by atoms with Crippen LogP contribution in [0.1, 0.15) is 58.4 Å². The highest BCUT2D eigenvalue weighted by atomic mass is 79.9. The second-order valence-electron chi connectivity index (χ2n) is 8.17. The molecule has 7 nitrogen and oxygen atoms in total. The second kappa shape index (κ2) is 12.7. The quantitative estimate of drug-likeness (QED) is 0.395. The fourth-order valence-electron chi connectivity index (χ4n) is 4.00. The third kappa shape index (κ3) is 7.28. The highest BCUT2D eigenvalue weighted by molar-refractivity contribution is 9.10. The van der Waals surface area contributed by atoms with Gasteiger partial charge in [-0.3, -0.25) is 9.59 Å². The highest BCUT2D eigenvalue weighted by Gasteiger charge is 2.28. The first-order valence-corrected chi connectivity index (χ1v) is 14.0. The van der Waals surface area contributed by atoms with Crippen LogP contribution in [0.2, 0.25) is 0 Å². The molecule has 1 aliphatic rings. The molecule has 32 heavy (non-hydrogen) atoms. The van der Waals surface area contributed by atoms with Gasteiger partial charge in [0.05, 0.1) is 10.6 Å². The molecule has 180 valence electrons. The fraction of sp³-hybridized carbons (Fsp3) is 0.652. The number of amides is 2. The Balaban J connectivity index is 1.92. The van der Waals surface area contributed by atoms with Crippen molar-refractivity contribution in [2.24, 2.45) is 0 Å². The zero-order valence-corrected chi connectivity index (χ0v) is 21.9. The van der Waals surface area contributed by atoms with Gasteiger partial charge in [-0.1, -0.05) is 20.8 Å². The summed E-state index contributed by atoms with van der Waals surface area (Å²) >= 11 is 3.37. The van der Waals surface area contributed by atoms with Crippen molar-refractivity contribution in [2.75, 3.05) is 43.4 Å². The number of nitrogens with zero attached hydrogens (tertiary/aromatic N) is 2. The number of hydrogen-bond acceptors (Lipinski definition) is 5. The zero-order chi connectivity index (χ0) is 23.7. The number of fused-ring (bicyclic) bond motifs is 1. The smallest absolute Gasteiger partial charge is 0.226 e. The Morgan fingerprint density at radius 1 is 1.12 bits per heavy atom. The maximum Gasteiger partial charge on any atom is 0.226 e. The van der Waals surface area contributed by atoms with E-state index in [0.717, 1.165) is 44.5 Å². The van der Waals surface area contributed by atoms with E-state index in [1.807, 2.05) is 0 Å². The Bertz CT molecular complexity index is 899. The van der Waals surface area contributed by atoms with Gasteiger partial charge in [0.15, 0.2) is 9.84 Å². The summed E-state index contributed by atoms with van der Waals surface area (Å²) in [4.78, 5) is 28.6. The minimum Gasteiger partial charge on any atom is -0.356 e. The van der Waals surface area contributed by atoms with Gasteiger partial charge in [0, 0.05) is 36.1 Å². The molecule has 1 aromatic rings. The van der Waals surface area contributed by atoms with Crippen molar-refractivity contribution in [1.29, 1.82) is 0 Å². The highest BCUT2D eigenvalue weighted by Crippen LogP contribution is 2.36. The zero-order valence-electron chi connectivity index (χ0n) is 19.5. The van der Waals surface area contributed by atoms with Crippen LogP contribution in [0.15, 0.2) is 21.5 Å². The molecule has 0 aliphatic carbocycles. The Morgan fingerprint density at radius 3 is 2.44 bits per heavy atom. The number of benzene rings is 1. The van der Waals surface area contributed by atoms with Gasteiger partial charge in [0.2, 0.25) is 11.8 Å². The maximum absolute atomic E-state index is 12.9. The van der Waals surface area contributed by atoms with Crippen LogP contribution in [0.3, 0.4) is 0 Å². The SMILES string of the molecule is CCCN(CCC)CCCNC(=O)CCS(=O)(=O)c1cc2c(cc1Br)CCN2C(=O)CC. The molecule has 0 spiro atoms. The molecule has 2 rings (SSSR count). The average molecular weight is 531 g/mol. The van der Waals surface area contributed by atoms with Crippen molar-refractivity contribution in [2.45, 2.75) is 64.2 Å². The molecule has 1 heterocycles. The number of hydrogen-bond donors (Lipinski definition) is 1. The lowest BCUT2D eigenvalue weighted by Gasteiger charge is -2.20. The molecule has 0 radical (unpaired) electrons. The molecule has 1 aromatic carbocycles. The number of carbonyl (C=O) groups is 2. The van der Waals surface area contributed by atoms with Crippen LogP contribution in [0, 0.1) is 0 Å². The molecular weight excluding hydrogens is 494 g/mol. The Morgan fingerprint density at radius 2 is 1.81 bits per heavy atom. The van der Waals surface area contributed by atoms with Crippen LogP contribution in [0.4, 0.5) is 5.69 Å². The summed E-state index contributed by atoms with van der Waals surface area (Å²) in [5, 5.41) is 2.84. The summed E-state index contributed by atoms with van der Waals surface area (Å²) in [6, 6.07) is 3.35. The van der Waals surface area contributed by atoms with Crippen LogP contribution in [0.5, 0.6) is 0 Å². The largest absolute Gasteiger partial charge is 0.356 e. The number of halogens is 1. The molecular formula is C23H36BrN3O4S. The minimum atomic E-state index is -3.68. The van der Waals surface area contributed by atoms with Gasteiger partial charge in [0.1, 0.15) is 0 Å². The number of rotatable bonds is 13. The van der Waals surface area contributed by atoms with Crippen LogP contribution in [-0.2, 0) is 25.8 Å². The first-order valence-electron chi connectivity index (χ1n) is 11.6. The van der Waals surface area contributed by atoms with Gasteiger partial charge in [-0.05, 0) is 78.9 Å². The predicted octanol–water partition coefficient (Wildman–Crippen LogP) is 3.54. The number of sulfone groups is 1. The predicted molar refractivity (Wildman–Crippen MR) is 132 cm³/mol. The first kappa shape index (κ1) is 26.8. The summed E-state index contributed by atoms with van der Waals surface area (Å²) < 4.78 is 26.4. The van der Waals surface area contributed by atoms with E-state index in [1.54, 1.807) is 24.0 Å². The van der Waals surface area contributed by atoms with E-state index in [9.17, 15) is 18.0 Å². The Hall–Kier alpha value is -1.45. The summed E-state index contributed by atoms with van der Waals surface area (Å²) in [5.74, 6) is -0.549. The second-order valence-corrected chi connectivity index (χ2v) is 11.1. The normalized spacial score (nSPS) is 13.5. The van der Waals surface area contributed by atoms with Crippen molar-refractivity contribution < 1.29 is 18.0 Å². The van der Waals surface area contributed by atoms with Crippen molar-refractivity contribution in [3.63, 3.8) is 0 Å². The number of carbonyl (C=O) groups excluding carboxylic acids is 2. The van der Waals surface area contributed by atoms with E-state index in [0.29, 0.717) is 36.1 Å². The Kier molecular flexibility index (Phi) is 10.6. The molecule has 2 amide bonds. The van der Waals surface area contributed by atoms with Gasteiger partial charge < -0.3 is 15.1 Å². The number of nitrogens with one attached hydrogen (secondary N) is 1. The molecule has 0 unspecified atom stereocenters. The third-order valence-corrected chi connectivity index (χ3v) is 8.29. The molecule has 0 fully saturated rings. The number of anilines is 1. The summed E-state index contributed by atoms with van der Waals surface area (Å²) in [6.07, 6.45) is 4.04. The van der Waals surface area contributed by atoms with Crippen molar-refractivity contribution in [3.8, 4) is 0 Å². The van der Waals surface area contributed by atoms with E-state index in [-0.39, 0.29) is 28.9 Å². The third-order valence-electron chi connectivity index (χ3n) is 5.62. The minimum absolute atomic E-state index is 0.0229. The molecule has 0 bridgehead atoms. The lowest BCUT2D eigenvalue weighted by molar-refractivity contribution is -0.120. The van der Waals surface area contributed by atoms with Crippen LogP contribution < -0.4 is 10.2 Å². The Labute approximate surface area is 201 Å². The van der Waals surface area contributed by atoms with E-state index in [4.69, 9.17) is 0 Å². The van der Waals surface area contributed by atoms with Gasteiger partial charge in [-0.2, -0.15) is 0 Å². The van der Waals surface area contributed by atoms with Crippen LogP contribution in [-0.4, -0.2) is 63.6 Å². The van der Waals surface area contributed by atoms with Crippen LogP contribution >= 0.6 is 15.9 Å². The van der Waals surface area contributed by atoms with Gasteiger partial charge >= 0.3 is 0 Å². The first-order chi connectivity index (χ1) is 15.2. The van der Waals surface area contributed by atoms with Crippen molar-refractivity contribution >= 4 is 43.3 Å². The van der Waals surface area contributed by atoms with E-state index < -0.39 is 9.84 Å². The molecule has 1 N–H and O–H groups in total.